The van der Waals surface area contributed by atoms with Crippen molar-refractivity contribution in [3.8, 4) is 0 Å². The highest BCUT2D eigenvalue weighted by Crippen LogP contribution is 2.22. The van der Waals surface area contributed by atoms with Gasteiger partial charge in [0.2, 0.25) is 0 Å². The van der Waals surface area contributed by atoms with Gasteiger partial charge >= 0.3 is 5.97 Å². The number of amidine groups is 1. The first kappa shape index (κ1) is 20.0. The second kappa shape index (κ2) is 8.11. The lowest BCUT2D eigenvalue weighted by molar-refractivity contribution is -0.152. The molecule has 2 aromatic rings. The minimum atomic E-state index is -3.68. The first-order valence-electron chi connectivity index (χ1n) is 8.39. The molecule has 1 N–H and O–H groups in total. The van der Waals surface area contributed by atoms with Gasteiger partial charge in [0.25, 0.3) is 15.9 Å². The molecule has 8 nitrogen and oxygen atoms in total. The third kappa shape index (κ3) is 4.39. The fraction of sp³-hybridized carbons (Fsp3) is 0.278. The number of thiophene rings is 1. The number of nitrogens with one attached hydrogen (secondary N) is 1. The van der Waals surface area contributed by atoms with E-state index in [9.17, 15) is 18.0 Å². The normalized spacial score (nSPS) is 16.9. The highest BCUT2D eigenvalue weighted by molar-refractivity contribution is 7.90. The Morgan fingerprint density at radius 2 is 2.04 bits per heavy atom. The lowest BCUT2D eigenvalue weighted by Crippen LogP contribution is -2.33. The number of nitrogens with zero attached hydrogens (tertiary/aromatic N) is 2. The summed E-state index contributed by atoms with van der Waals surface area (Å²) in [6, 6.07) is 7.30. The van der Waals surface area contributed by atoms with Gasteiger partial charge in [-0.3, -0.25) is 14.5 Å². The molecule has 28 heavy (non-hydrogen) atoms. The summed E-state index contributed by atoms with van der Waals surface area (Å²) in [4.78, 5) is 30.0. The Morgan fingerprint density at radius 3 is 2.75 bits per heavy atom. The van der Waals surface area contributed by atoms with Crippen molar-refractivity contribution >= 4 is 39.1 Å². The van der Waals surface area contributed by atoms with Gasteiger partial charge in [0.1, 0.15) is 11.9 Å². The van der Waals surface area contributed by atoms with Crippen LogP contribution in [0.1, 0.15) is 18.1 Å². The molecule has 0 radical (unpaired) electrons. The fourth-order valence-corrected chi connectivity index (χ4v) is 4.48. The molecule has 148 valence electrons. The highest BCUT2D eigenvalue weighted by Gasteiger charge is 2.31. The van der Waals surface area contributed by atoms with Crippen LogP contribution >= 0.6 is 11.3 Å². The predicted molar refractivity (Wildman–Crippen MR) is 105 cm³/mol. The topological polar surface area (TPSA) is 105 Å². The Labute approximate surface area is 166 Å². The summed E-state index contributed by atoms with van der Waals surface area (Å²) in [6.45, 7) is 1.50. The Morgan fingerprint density at radius 1 is 1.29 bits per heavy atom. The van der Waals surface area contributed by atoms with Crippen molar-refractivity contribution in [1.29, 1.82) is 0 Å². The standard InChI is InChI=1S/C18H19N3O5S2/c1-12(19-17-14-5-3-4-6-15(14)28(24,25)20-17)18(23)26-10-16(22)21(2)9-13-7-8-27-11-13/h3-8,11-12H,9-10H2,1-2H3,(H,19,20). The second-order valence-corrected chi connectivity index (χ2v) is 8.68. The zero-order valence-corrected chi connectivity index (χ0v) is 16.9. The zero-order valence-electron chi connectivity index (χ0n) is 15.3. The molecule has 1 aromatic heterocycles. The van der Waals surface area contributed by atoms with Crippen LogP contribution in [0.15, 0.2) is 51.0 Å². The van der Waals surface area contributed by atoms with E-state index < -0.39 is 28.6 Å². The van der Waals surface area contributed by atoms with Gasteiger partial charge in [0, 0.05) is 19.2 Å². The first-order chi connectivity index (χ1) is 13.3. The Hall–Kier alpha value is -2.72. The highest BCUT2D eigenvalue weighted by atomic mass is 32.2. The summed E-state index contributed by atoms with van der Waals surface area (Å²) in [6.07, 6.45) is 0. The number of sulfonamides is 1. The van der Waals surface area contributed by atoms with Crippen LogP contribution in [-0.4, -0.2) is 50.7 Å². The molecular weight excluding hydrogens is 402 g/mol. The van der Waals surface area contributed by atoms with E-state index in [-0.39, 0.29) is 16.6 Å². The molecule has 1 aliphatic rings. The van der Waals surface area contributed by atoms with Gasteiger partial charge in [-0.05, 0) is 41.4 Å². The summed E-state index contributed by atoms with van der Waals surface area (Å²) < 4.78 is 31.5. The van der Waals surface area contributed by atoms with Crippen molar-refractivity contribution in [3.05, 3.63) is 52.2 Å². The van der Waals surface area contributed by atoms with Gasteiger partial charge in [-0.1, -0.05) is 12.1 Å². The summed E-state index contributed by atoms with van der Waals surface area (Å²) in [5.41, 5.74) is 1.40. The van der Waals surface area contributed by atoms with Crippen molar-refractivity contribution in [2.75, 3.05) is 13.7 Å². The molecule has 0 aliphatic carbocycles. The molecule has 3 rings (SSSR count). The lowest BCUT2D eigenvalue weighted by Gasteiger charge is -2.17. The van der Waals surface area contributed by atoms with E-state index in [4.69, 9.17) is 4.74 Å². The lowest BCUT2D eigenvalue weighted by atomic mass is 10.2. The molecule has 1 unspecified atom stereocenters. The maximum atomic E-state index is 12.2. The van der Waals surface area contributed by atoms with Crippen LogP contribution in [0, 0.1) is 0 Å². The molecule has 0 saturated heterocycles. The molecule has 1 amide bonds. The Balaban J connectivity index is 1.59. The van der Waals surface area contributed by atoms with Gasteiger partial charge in [0.05, 0.1) is 4.90 Å². The van der Waals surface area contributed by atoms with Crippen LogP contribution < -0.4 is 4.72 Å². The van der Waals surface area contributed by atoms with Gasteiger partial charge in [-0.2, -0.15) is 11.3 Å². The molecule has 10 heteroatoms. The number of fused-ring (bicyclic) bond motifs is 1. The maximum absolute atomic E-state index is 12.2. The van der Waals surface area contributed by atoms with Crippen LogP contribution in [0.2, 0.25) is 0 Å². The Bertz CT molecular complexity index is 1020. The summed E-state index contributed by atoms with van der Waals surface area (Å²) in [5.74, 6) is -0.972. The number of carbonyl (C=O) groups is 2. The predicted octanol–water partition coefficient (Wildman–Crippen LogP) is 1.38. The van der Waals surface area contributed by atoms with Crippen LogP contribution in [0.4, 0.5) is 0 Å². The average Bonchev–Trinajstić information content (AvgIpc) is 3.26. The van der Waals surface area contributed by atoms with E-state index in [1.807, 2.05) is 16.8 Å². The molecule has 0 spiro atoms. The molecule has 2 heterocycles. The van der Waals surface area contributed by atoms with Gasteiger partial charge < -0.3 is 9.64 Å². The van der Waals surface area contributed by atoms with Crippen LogP contribution in [0.3, 0.4) is 0 Å². The van der Waals surface area contributed by atoms with Gasteiger partial charge in [-0.25, -0.2) is 13.2 Å². The minimum Gasteiger partial charge on any atom is -0.454 e. The smallest absolute Gasteiger partial charge is 0.331 e. The Kier molecular flexibility index (Phi) is 5.80. The van der Waals surface area contributed by atoms with Crippen molar-refractivity contribution in [3.63, 3.8) is 0 Å². The number of carbonyl (C=O) groups excluding carboxylic acids is 2. The number of esters is 1. The minimum absolute atomic E-state index is 0.0842. The van der Waals surface area contributed by atoms with Crippen LogP contribution in [-0.2, 0) is 30.9 Å². The maximum Gasteiger partial charge on any atom is 0.331 e. The summed E-state index contributed by atoms with van der Waals surface area (Å²) in [7, 11) is -2.05. The SMILES string of the molecule is CC(N=C1NS(=O)(=O)c2ccccc21)C(=O)OCC(=O)N(C)Cc1ccsc1. The van der Waals surface area contributed by atoms with E-state index in [0.717, 1.165) is 5.56 Å². The number of hydrogen-bond donors (Lipinski definition) is 1. The number of likely N-dealkylation sites (N-methyl/N-ethyl adjacent to an activating group) is 1. The quantitative estimate of drug-likeness (QED) is 0.710. The molecule has 1 atom stereocenters. The zero-order chi connectivity index (χ0) is 20.3. The van der Waals surface area contributed by atoms with Crippen molar-refractivity contribution < 1.29 is 22.7 Å². The third-order valence-electron chi connectivity index (χ3n) is 4.09. The van der Waals surface area contributed by atoms with Crippen molar-refractivity contribution in [1.82, 2.24) is 9.62 Å². The monoisotopic (exact) mass is 421 g/mol. The second-order valence-electron chi connectivity index (χ2n) is 6.24. The number of benzene rings is 1. The van der Waals surface area contributed by atoms with Gasteiger partial charge in [0.15, 0.2) is 6.61 Å². The van der Waals surface area contributed by atoms with Crippen LogP contribution in [0.25, 0.3) is 0 Å². The van der Waals surface area contributed by atoms with Crippen LogP contribution in [0.5, 0.6) is 0 Å². The van der Waals surface area contributed by atoms with Crippen molar-refractivity contribution in [2.45, 2.75) is 24.4 Å². The largest absolute Gasteiger partial charge is 0.454 e. The van der Waals surface area contributed by atoms with Gasteiger partial charge in [-0.15, -0.1) is 0 Å². The van der Waals surface area contributed by atoms with E-state index in [2.05, 4.69) is 9.71 Å². The van der Waals surface area contributed by atoms with Crippen molar-refractivity contribution in [2.24, 2.45) is 4.99 Å². The molecule has 0 bridgehead atoms. The molecule has 1 aliphatic heterocycles. The number of rotatable bonds is 6. The molecule has 0 fully saturated rings. The molecular formula is C18H19N3O5S2. The number of amides is 1. The van der Waals surface area contributed by atoms with E-state index in [1.165, 1.54) is 29.2 Å². The number of ether oxygens (including phenoxy) is 1. The van der Waals surface area contributed by atoms with E-state index >= 15 is 0 Å². The fourth-order valence-electron chi connectivity index (χ4n) is 2.58. The summed E-state index contributed by atoms with van der Waals surface area (Å²) >= 11 is 1.54. The molecule has 0 saturated carbocycles. The molecule has 1 aromatic carbocycles. The first-order valence-corrected chi connectivity index (χ1v) is 10.8. The number of hydrogen-bond acceptors (Lipinski definition) is 7. The van der Waals surface area contributed by atoms with E-state index in [1.54, 1.807) is 25.2 Å². The summed E-state index contributed by atoms with van der Waals surface area (Å²) in [5, 5.41) is 3.86. The average molecular weight is 422 g/mol. The number of aliphatic imine (C=N–C) groups is 1. The third-order valence-corrected chi connectivity index (χ3v) is 6.22. The van der Waals surface area contributed by atoms with E-state index in [0.29, 0.717) is 12.1 Å².